The standard InChI is InChI=1S/C22H22FNO5S/c1-28-17-8-3-14(13-18(17)29-2)9-10-24-21(26)19(15-4-6-16(23)7-5-15)20(22(24)27)30-12-11-25/h3-8,13,25H,9-12H2,1-2H3. The predicted molar refractivity (Wildman–Crippen MR) is 113 cm³/mol. The maximum atomic E-state index is 13.3. The summed E-state index contributed by atoms with van der Waals surface area (Å²) in [5.74, 6) is 0.190. The van der Waals surface area contributed by atoms with Crippen LogP contribution in [0.3, 0.4) is 0 Å². The number of carbonyl (C=O) groups excluding carboxylic acids is 2. The lowest BCUT2D eigenvalue weighted by Crippen LogP contribution is -2.33. The highest BCUT2D eigenvalue weighted by Gasteiger charge is 2.38. The molecule has 2 amide bonds. The molecule has 0 aromatic heterocycles. The summed E-state index contributed by atoms with van der Waals surface area (Å²) in [7, 11) is 3.09. The van der Waals surface area contributed by atoms with E-state index in [4.69, 9.17) is 14.6 Å². The normalized spacial score (nSPS) is 13.9. The molecule has 1 N–H and O–H groups in total. The number of benzene rings is 2. The number of imide groups is 1. The molecule has 3 rings (SSSR count). The van der Waals surface area contributed by atoms with Crippen molar-refractivity contribution in [1.29, 1.82) is 0 Å². The molecular formula is C22H22FNO5S. The van der Waals surface area contributed by atoms with Crippen LogP contribution in [0.4, 0.5) is 4.39 Å². The average Bonchev–Trinajstić information content (AvgIpc) is 3.00. The van der Waals surface area contributed by atoms with Gasteiger partial charge in [-0.3, -0.25) is 14.5 Å². The lowest BCUT2D eigenvalue weighted by molar-refractivity contribution is -0.136. The number of rotatable bonds is 9. The van der Waals surface area contributed by atoms with Crippen LogP contribution in [-0.2, 0) is 16.0 Å². The Kier molecular flexibility index (Phi) is 7.12. The zero-order valence-corrected chi connectivity index (χ0v) is 17.5. The van der Waals surface area contributed by atoms with Crippen molar-refractivity contribution >= 4 is 29.1 Å². The van der Waals surface area contributed by atoms with E-state index in [2.05, 4.69) is 0 Å². The molecule has 2 aromatic carbocycles. The Balaban J connectivity index is 1.83. The molecule has 6 nitrogen and oxygen atoms in total. The first kappa shape index (κ1) is 21.9. The fourth-order valence-electron chi connectivity index (χ4n) is 3.19. The number of halogens is 1. The summed E-state index contributed by atoms with van der Waals surface area (Å²) in [5, 5.41) is 9.16. The first-order chi connectivity index (χ1) is 14.5. The van der Waals surface area contributed by atoms with Crippen molar-refractivity contribution in [1.82, 2.24) is 4.90 Å². The zero-order valence-electron chi connectivity index (χ0n) is 16.7. The van der Waals surface area contributed by atoms with Gasteiger partial charge in [0.2, 0.25) is 0 Å². The minimum Gasteiger partial charge on any atom is -0.493 e. The SMILES string of the molecule is COc1ccc(CCN2C(=O)C(SCCO)=C(c3ccc(F)cc3)C2=O)cc1OC. The Morgan fingerprint density at radius 1 is 1.00 bits per heavy atom. The van der Waals surface area contributed by atoms with Crippen LogP contribution in [0.25, 0.3) is 5.57 Å². The molecule has 0 atom stereocenters. The number of carbonyl (C=O) groups is 2. The Hall–Kier alpha value is -2.84. The van der Waals surface area contributed by atoms with Crippen LogP contribution in [-0.4, -0.2) is 54.9 Å². The lowest BCUT2D eigenvalue weighted by Gasteiger charge is -2.16. The fraction of sp³-hybridized carbons (Fsp3) is 0.273. The summed E-state index contributed by atoms with van der Waals surface area (Å²) in [5.41, 5.74) is 1.60. The van der Waals surface area contributed by atoms with Gasteiger partial charge in [-0.15, -0.1) is 11.8 Å². The maximum absolute atomic E-state index is 13.3. The van der Waals surface area contributed by atoms with Gasteiger partial charge in [0.25, 0.3) is 11.8 Å². The largest absolute Gasteiger partial charge is 0.493 e. The van der Waals surface area contributed by atoms with Crippen molar-refractivity contribution in [3.63, 3.8) is 0 Å². The van der Waals surface area contributed by atoms with Gasteiger partial charge in [-0.05, 0) is 41.8 Å². The molecule has 0 spiro atoms. The minimum atomic E-state index is -0.425. The third kappa shape index (κ3) is 4.49. The lowest BCUT2D eigenvalue weighted by atomic mass is 10.1. The molecule has 0 bridgehead atoms. The number of aliphatic hydroxyl groups excluding tert-OH is 1. The van der Waals surface area contributed by atoms with E-state index in [0.717, 1.165) is 17.3 Å². The van der Waals surface area contributed by atoms with Crippen LogP contribution >= 0.6 is 11.8 Å². The van der Waals surface area contributed by atoms with E-state index in [0.29, 0.717) is 23.5 Å². The van der Waals surface area contributed by atoms with Gasteiger partial charge < -0.3 is 14.6 Å². The van der Waals surface area contributed by atoms with E-state index < -0.39 is 17.6 Å². The summed E-state index contributed by atoms with van der Waals surface area (Å²) in [6.45, 7) is 0.0546. The molecule has 30 heavy (non-hydrogen) atoms. The number of amides is 2. The second kappa shape index (κ2) is 9.77. The molecule has 0 saturated heterocycles. The molecule has 0 fully saturated rings. The summed E-state index contributed by atoms with van der Waals surface area (Å²) in [6, 6.07) is 10.9. The van der Waals surface area contributed by atoms with Crippen LogP contribution in [0.2, 0.25) is 0 Å². The molecule has 0 radical (unpaired) electrons. The molecule has 1 heterocycles. The van der Waals surface area contributed by atoms with Crippen molar-refractivity contribution in [2.45, 2.75) is 6.42 Å². The van der Waals surface area contributed by atoms with Crippen LogP contribution in [0.1, 0.15) is 11.1 Å². The van der Waals surface area contributed by atoms with Gasteiger partial charge >= 0.3 is 0 Å². The van der Waals surface area contributed by atoms with E-state index in [1.54, 1.807) is 26.4 Å². The van der Waals surface area contributed by atoms with Gasteiger partial charge in [-0.25, -0.2) is 4.39 Å². The highest BCUT2D eigenvalue weighted by Crippen LogP contribution is 2.36. The van der Waals surface area contributed by atoms with Crippen LogP contribution in [0, 0.1) is 5.82 Å². The van der Waals surface area contributed by atoms with Crippen LogP contribution in [0.15, 0.2) is 47.4 Å². The van der Waals surface area contributed by atoms with E-state index in [9.17, 15) is 14.0 Å². The number of aliphatic hydroxyl groups is 1. The highest BCUT2D eigenvalue weighted by molar-refractivity contribution is 8.04. The van der Waals surface area contributed by atoms with Crippen molar-refractivity contribution in [2.75, 3.05) is 33.1 Å². The zero-order chi connectivity index (χ0) is 21.7. The van der Waals surface area contributed by atoms with Crippen molar-refractivity contribution in [2.24, 2.45) is 0 Å². The van der Waals surface area contributed by atoms with Gasteiger partial charge in [0, 0.05) is 12.3 Å². The van der Waals surface area contributed by atoms with Gasteiger partial charge in [0.15, 0.2) is 11.5 Å². The molecule has 0 saturated carbocycles. The number of nitrogens with zero attached hydrogens (tertiary/aromatic N) is 1. The van der Waals surface area contributed by atoms with E-state index >= 15 is 0 Å². The fourth-order valence-corrected chi connectivity index (χ4v) is 4.07. The first-order valence-corrected chi connectivity index (χ1v) is 10.3. The number of methoxy groups -OCH3 is 2. The van der Waals surface area contributed by atoms with Crippen molar-refractivity contribution < 1.29 is 28.6 Å². The van der Waals surface area contributed by atoms with Crippen LogP contribution in [0.5, 0.6) is 11.5 Å². The molecule has 8 heteroatoms. The molecule has 0 unspecified atom stereocenters. The minimum absolute atomic E-state index is 0.127. The predicted octanol–water partition coefficient (Wildman–Crippen LogP) is 2.89. The Morgan fingerprint density at radius 3 is 2.33 bits per heavy atom. The Bertz CT molecular complexity index is 974. The van der Waals surface area contributed by atoms with Gasteiger partial charge in [-0.1, -0.05) is 18.2 Å². The second-order valence-corrected chi connectivity index (χ2v) is 7.59. The molecule has 1 aliphatic rings. The summed E-state index contributed by atoms with van der Waals surface area (Å²) < 4.78 is 23.8. The van der Waals surface area contributed by atoms with Gasteiger partial charge in [0.05, 0.1) is 31.3 Å². The molecular weight excluding hydrogens is 409 g/mol. The average molecular weight is 431 g/mol. The van der Waals surface area contributed by atoms with Crippen molar-refractivity contribution in [3.05, 3.63) is 64.3 Å². The molecule has 0 aliphatic carbocycles. The third-order valence-corrected chi connectivity index (χ3v) is 5.72. The first-order valence-electron chi connectivity index (χ1n) is 9.31. The number of hydrogen-bond acceptors (Lipinski definition) is 6. The van der Waals surface area contributed by atoms with E-state index in [-0.39, 0.29) is 29.4 Å². The topological polar surface area (TPSA) is 76.1 Å². The molecule has 1 aliphatic heterocycles. The summed E-state index contributed by atoms with van der Waals surface area (Å²) >= 11 is 1.13. The number of hydrogen-bond donors (Lipinski definition) is 1. The quantitative estimate of drug-likeness (QED) is 0.616. The van der Waals surface area contributed by atoms with Crippen LogP contribution < -0.4 is 9.47 Å². The van der Waals surface area contributed by atoms with Crippen molar-refractivity contribution in [3.8, 4) is 11.5 Å². The Labute approximate surface area is 178 Å². The highest BCUT2D eigenvalue weighted by atomic mass is 32.2. The summed E-state index contributed by atoms with van der Waals surface area (Å²) in [6.07, 6.45) is 0.437. The monoisotopic (exact) mass is 431 g/mol. The summed E-state index contributed by atoms with van der Waals surface area (Å²) in [4.78, 5) is 27.5. The maximum Gasteiger partial charge on any atom is 0.267 e. The second-order valence-electron chi connectivity index (χ2n) is 6.48. The van der Waals surface area contributed by atoms with E-state index in [1.807, 2.05) is 6.07 Å². The molecule has 2 aromatic rings. The van der Waals surface area contributed by atoms with Gasteiger partial charge in [0.1, 0.15) is 5.82 Å². The Morgan fingerprint density at radius 2 is 1.70 bits per heavy atom. The third-order valence-electron chi connectivity index (χ3n) is 4.67. The number of thioether (sulfide) groups is 1. The van der Waals surface area contributed by atoms with E-state index in [1.165, 1.54) is 29.2 Å². The number of ether oxygens (including phenoxy) is 2. The molecule has 158 valence electrons. The smallest absolute Gasteiger partial charge is 0.267 e. The van der Waals surface area contributed by atoms with Gasteiger partial charge in [-0.2, -0.15) is 0 Å².